The number of rotatable bonds is 3. The lowest BCUT2D eigenvalue weighted by Gasteiger charge is -2.28. The maximum absolute atomic E-state index is 6.33. The molecule has 3 nitrogen and oxygen atoms in total. The lowest BCUT2D eigenvalue weighted by molar-refractivity contribution is 0.0583. The zero-order valence-corrected chi connectivity index (χ0v) is 11.8. The van der Waals surface area contributed by atoms with E-state index in [2.05, 4.69) is 19.1 Å². The first-order chi connectivity index (χ1) is 8.22. The van der Waals surface area contributed by atoms with Gasteiger partial charge in [0.1, 0.15) is 5.75 Å². The van der Waals surface area contributed by atoms with Crippen LogP contribution in [0, 0.1) is 12.8 Å². The molecule has 1 aromatic rings. The third kappa shape index (κ3) is 3.37. The van der Waals surface area contributed by atoms with Gasteiger partial charge in [-0.25, -0.2) is 0 Å². The number of ether oxygens (including phenoxy) is 2. The highest BCUT2D eigenvalue weighted by Gasteiger charge is 2.22. The molecule has 1 fully saturated rings. The first-order valence-corrected chi connectivity index (χ1v) is 6.20. The van der Waals surface area contributed by atoms with Crippen molar-refractivity contribution >= 4 is 12.4 Å². The molecule has 0 unspecified atom stereocenters. The smallest absolute Gasteiger partial charge is 0.121 e. The maximum Gasteiger partial charge on any atom is 0.121 e. The zero-order valence-electron chi connectivity index (χ0n) is 11.0. The Morgan fingerprint density at radius 2 is 2.00 bits per heavy atom. The molecule has 2 N–H and O–H groups in total. The molecule has 1 aliphatic heterocycles. The van der Waals surface area contributed by atoms with Crippen LogP contribution >= 0.6 is 12.4 Å². The normalized spacial score (nSPS) is 17.9. The number of benzene rings is 1. The predicted molar refractivity (Wildman–Crippen MR) is 75.5 cm³/mol. The second-order valence-electron chi connectivity index (χ2n) is 4.70. The van der Waals surface area contributed by atoms with Crippen LogP contribution in [-0.4, -0.2) is 20.3 Å². The molecule has 1 aliphatic rings. The van der Waals surface area contributed by atoms with Crippen molar-refractivity contribution in [1.29, 1.82) is 0 Å². The summed E-state index contributed by atoms with van der Waals surface area (Å²) in [6, 6.07) is 6.33. The van der Waals surface area contributed by atoms with Crippen LogP contribution < -0.4 is 10.5 Å². The van der Waals surface area contributed by atoms with Crippen LogP contribution in [0.5, 0.6) is 5.75 Å². The van der Waals surface area contributed by atoms with E-state index < -0.39 is 0 Å². The summed E-state index contributed by atoms with van der Waals surface area (Å²) in [7, 11) is 1.69. The van der Waals surface area contributed by atoms with Crippen LogP contribution in [0.3, 0.4) is 0 Å². The molecule has 2 rings (SSSR count). The van der Waals surface area contributed by atoms with Gasteiger partial charge in [-0.1, -0.05) is 12.1 Å². The molecule has 1 aromatic carbocycles. The second-order valence-corrected chi connectivity index (χ2v) is 4.70. The molecule has 102 valence electrons. The Hall–Kier alpha value is -0.770. The van der Waals surface area contributed by atoms with Crippen molar-refractivity contribution in [3.05, 3.63) is 29.3 Å². The van der Waals surface area contributed by atoms with E-state index in [1.165, 1.54) is 5.56 Å². The van der Waals surface area contributed by atoms with Crippen LogP contribution in [-0.2, 0) is 4.74 Å². The Kier molecular flexibility index (Phi) is 5.93. The molecule has 4 heteroatoms. The molecule has 0 aliphatic carbocycles. The lowest BCUT2D eigenvalue weighted by Crippen LogP contribution is -2.27. The molecule has 1 atom stereocenters. The van der Waals surface area contributed by atoms with Gasteiger partial charge in [-0.15, -0.1) is 12.4 Å². The highest BCUT2D eigenvalue weighted by Crippen LogP contribution is 2.30. The fraction of sp³-hybridized carbons (Fsp3) is 0.571. The van der Waals surface area contributed by atoms with Crippen LogP contribution in [0.1, 0.15) is 30.0 Å². The quantitative estimate of drug-likeness (QED) is 0.919. The van der Waals surface area contributed by atoms with E-state index in [-0.39, 0.29) is 18.4 Å². The van der Waals surface area contributed by atoms with Crippen LogP contribution in [0.4, 0.5) is 0 Å². The third-order valence-corrected chi connectivity index (χ3v) is 3.58. The minimum absolute atomic E-state index is 0. The summed E-state index contributed by atoms with van der Waals surface area (Å²) in [6.45, 7) is 3.74. The Morgan fingerprint density at radius 3 is 2.56 bits per heavy atom. The highest BCUT2D eigenvalue weighted by atomic mass is 35.5. The minimum Gasteiger partial charge on any atom is -0.496 e. The van der Waals surface area contributed by atoms with E-state index in [9.17, 15) is 0 Å². The molecule has 18 heavy (non-hydrogen) atoms. The van der Waals surface area contributed by atoms with Crippen molar-refractivity contribution < 1.29 is 9.47 Å². The molecule has 0 radical (unpaired) electrons. The van der Waals surface area contributed by atoms with E-state index in [1.807, 2.05) is 6.07 Å². The third-order valence-electron chi connectivity index (χ3n) is 3.58. The number of nitrogens with two attached hydrogens (primary N) is 1. The number of hydrogen-bond donors (Lipinski definition) is 1. The number of aryl methyl sites for hydroxylation is 1. The summed E-state index contributed by atoms with van der Waals surface area (Å²) in [6.07, 6.45) is 2.12. The van der Waals surface area contributed by atoms with Crippen molar-refractivity contribution in [2.45, 2.75) is 25.8 Å². The molecule has 0 amide bonds. The molecular weight excluding hydrogens is 250 g/mol. The fourth-order valence-electron chi connectivity index (χ4n) is 2.46. The van der Waals surface area contributed by atoms with Gasteiger partial charge in [0.25, 0.3) is 0 Å². The van der Waals surface area contributed by atoms with Crippen molar-refractivity contribution in [2.24, 2.45) is 11.7 Å². The summed E-state index contributed by atoms with van der Waals surface area (Å²) >= 11 is 0. The first-order valence-electron chi connectivity index (χ1n) is 6.20. The van der Waals surface area contributed by atoms with E-state index in [4.69, 9.17) is 15.2 Å². The molecule has 1 saturated heterocycles. The van der Waals surface area contributed by atoms with Crippen molar-refractivity contribution in [3.63, 3.8) is 0 Å². The van der Waals surface area contributed by atoms with Gasteiger partial charge < -0.3 is 15.2 Å². The summed E-state index contributed by atoms with van der Waals surface area (Å²) in [5, 5.41) is 0. The first kappa shape index (κ1) is 15.3. The van der Waals surface area contributed by atoms with Crippen molar-refractivity contribution in [1.82, 2.24) is 0 Å². The maximum atomic E-state index is 6.33. The Morgan fingerprint density at radius 1 is 1.33 bits per heavy atom. The lowest BCUT2D eigenvalue weighted by atomic mass is 9.87. The predicted octanol–water partition coefficient (Wildman–Crippen LogP) is 2.85. The Bertz CT molecular complexity index is 378. The largest absolute Gasteiger partial charge is 0.496 e. The molecule has 0 bridgehead atoms. The van der Waals surface area contributed by atoms with E-state index in [0.29, 0.717) is 5.92 Å². The van der Waals surface area contributed by atoms with Crippen LogP contribution in [0.25, 0.3) is 0 Å². The van der Waals surface area contributed by atoms with Gasteiger partial charge in [0.05, 0.1) is 7.11 Å². The number of hydrogen-bond acceptors (Lipinski definition) is 3. The van der Waals surface area contributed by atoms with Crippen LogP contribution in [0.15, 0.2) is 18.2 Å². The fourth-order valence-corrected chi connectivity index (χ4v) is 2.46. The van der Waals surface area contributed by atoms with Gasteiger partial charge in [0.15, 0.2) is 0 Å². The molecule has 0 spiro atoms. The monoisotopic (exact) mass is 271 g/mol. The summed E-state index contributed by atoms with van der Waals surface area (Å²) in [4.78, 5) is 0. The van der Waals surface area contributed by atoms with Crippen molar-refractivity contribution in [2.75, 3.05) is 20.3 Å². The zero-order chi connectivity index (χ0) is 12.3. The average molecular weight is 272 g/mol. The number of methoxy groups -OCH3 is 1. The Labute approximate surface area is 115 Å². The standard InChI is InChI=1S/C14H21NO2.ClH/c1-10-9-12(3-4-13(10)16-2)14(15)11-5-7-17-8-6-11;/h3-4,9,11,14H,5-8,15H2,1-2H3;1H/t14-;/m1./s1. The van der Waals surface area contributed by atoms with Gasteiger partial charge in [-0.3, -0.25) is 0 Å². The van der Waals surface area contributed by atoms with E-state index in [0.717, 1.165) is 37.4 Å². The molecule has 0 saturated carbocycles. The highest BCUT2D eigenvalue weighted by molar-refractivity contribution is 5.85. The summed E-state index contributed by atoms with van der Waals surface area (Å²) in [5.41, 5.74) is 8.68. The minimum atomic E-state index is 0. The Balaban J connectivity index is 0.00000162. The van der Waals surface area contributed by atoms with Gasteiger partial charge in [0.2, 0.25) is 0 Å². The molecule has 1 heterocycles. The topological polar surface area (TPSA) is 44.5 Å². The SMILES string of the molecule is COc1ccc([C@H](N)C2CCOCC2)cc1C.Cl. The average Bonchev–Trinajstić information content (AvgIpc) is 2.39. The second kappa shape index (κ2) is 6.98. The van der Waals surface area contributed by atoms with Gasteiger partial charge in [0, 0.05) is 19.3 Å². The summed E-state index contributed by atoms with van der Waals surface area (Å²) in [5.74, 6) is 1.46. The summed E-state index contributed by atoms with van der Waals surface area (Å²) < 4.78 is 10.6. The number of halogens is 1. The van der Waals surface area contributed by atoms with Crippen LogP contribution in [0.2, 0.25) is 0 Å². The van der Waals surface area contributed by atoms with Crippen molar-refractivity contribution in [3.8, 4) is 5.75 Å². The van der Waals surface area contributed by atoms with E-state index >= 15 is 0 Å². The molecule has 0 aromatic heterocycles. The van der Waals surface area contributed by atoms with Gasteiger partial charge in [-0.2, -0.15) is 0 Å². The van der Waals surface area contributed by atoms with Gasteiger partial charge in [-0.05, 0) is 42.9 Å². The van der Waals surface area contributed by atoms with E-state index in [1.54, 1.807) is 7.11 Å². The van der Waals surface area contributed by atoms with Gasteiger partial charge >= 0.3 is 0 Å². The molecular formula is C14H22ClNO2.